The van der Waals surface area contributed by atoms with Crippen LogP contribution in [-0.2, 0) is 16.0 Å². The van der Waals surface area contributed by atoms with Gasteiger partial charge in [0.1, 0.15) is 6.54 Å². The van der Waals surface area contributed by atoms with Crippen molar-refractivity contribution in [3.63, 3.8) is 0 Å². The second-order valence-corrected chi connectivity index (χ2v) is 10.2. The summed E-state index contributed by atoms with van der Waals surface area (Å²) in [5.41, 5.74) is 2.40. The van der Waals surface area contributed by atoms with Gasteiger partial charge in [-0.15, -0.1) is 11.3 Å². The first-order valence-electron chi connectivity index (χ1n) is 12.4. The third kappa shape index (κ3) is 5.61. The van der Waals surface area contributed by atoms with Crippen LogP contribution < -0.4 is 0 Å². The third-order valence-electron chi connectivity index (χ3n) is 6.76. The van der Waals surface area contributed by atoms with E-state index in [1.165, 1.54) is 36.1 Å². The van der Waals surface area contributed by atoms with E-state index in [-0.39, 0.29) is 30.4 Å². The maximum Gasteiger partial charge on any atom is 0.243 e. The molecule has 1 saturated carbocycles. The normalized spacial score (nSPS) is 17.8. The number of carbonyl (C=O) groups excluding carboxylic acids is 2. The van der Waals surface area contributed by atoms with E-state index in [0.29, 0.717) is 6.42 Å². The zero-order valence-electron chi connectivity index (χ0n) is 19.3. The molecule has 1 aliphatic carbocycles. The fourth-order valence-electron chi connectivity index (χ4n) is 4.82. The number of rotatable bonds is 11. The number of nitrogens with zero attached hydrogens (tertiary/aromatic N) is 2. The van der Waals surface area contributed by atoms with Gasteiger partial charge in [-0.1, -0.05) is 69.4 Å². The summed E-state index contributed by atoms with van der Waals surface area (Å²) in [6.07, 6.45) is 10.6. The molecule has 0 spiro atoms. The zero-order chi connectivity index (χ0) is 22.3. The van der Waals surface area contributed by atoms with Crippen molar-refractivity contribution in [3.05, 3.63) is 57.8 Å². The maximum absolute atomic E-state index is 13.5. The number of hydrogen-bond acceptors (Lipinski definition) is 3. The molecule has 1 aliphatic heterocycles. The van der Waals surface area contributed by atoms with Crippen LogP contribution in [0.1, 0.15) is 86.8 Å². The Bertz CT molecular complexity index is 890. The molecule has 2 heterocycles. The minimum Gasteiger partial charge on any atom is -0.330 e. The van der Waals surface area contributed by atoms with Crippen molar-refractivity contribution in [2.75, 3.05) is 13.1 Å². The number of thiophene rings is 1. The minimum atomic E-state index is -0.0478. The van der Waals surface area contributed by atoms with Gasteiger partial charge in [-0.2, -0.15) is 0 Å². The van der Waals surface area contributed by atoms with Crippen LogP contribution in [0.3, 0.4) is 0 Å². The number of hydrogen-bond donors (Lipinski definition) is 0. The Balaban J connectivity index is 1.41. The van der Waals surface area contributed by atoms with Crippen LogP contribution >= 0.6 is 11.3 Å². The molecule has 2 aliphatic rings. The summed E-state index contributed by atoms with van der Waals surface area (Å²) in [6, 6.07) is 12.7. The van der Waals surface area contributed by atoms with Gasteiger partial charge in [-0.25, -0.2) is 0 Å². The molecule has 0 bridgehead atoms. The zero-order valence-corrected chi connectivity index (χ0v) is 20.1. The molecule has 4 rings (SSSR count). The van der Waals surface area contributed by atoms with Gasteiger partial charge in [-0.3, -0.25) is 9.59 Å². The average Bonchev–Trinajstić information content (AvgIpc) is 3.55. The number of carbonyl (C=O) groups is 2. The van der Waals surface area contributed by atoms with E-state index in [1.807, 2.05) is 28.0 Å². The van der Waals surface area contributed by atoms with Crippen molar-refractivity contribution < 1.29 is 9.59 Å². The topological polar surface area (TPSA) is 40.6 Å². The monoisotopic (exact) mass is 452 g/mol. The van der Waals surface area contributed by atoms with Crippen LogP contribution in [0.15, 0.2) is 41.8 Å². The van der Waals surface area contributed by atoms with Crippen molar-refractivity contribution in [2.45, 2.75) is 83.2 Å². The summed E-state index contributed by atoms with van der Waals surface area (Å²) in [5, 5.41) is 2.13. The van der Waals surface area contributed by atoms with Crippen LogP contribution in [0.2, 0.25) is 0 Å². The first-order valence-corrected chi connectivity index (χ1v) is 13.3. The van der Waals surface area contributed by atoms with Crippen molar-refractivity contribution in [2.24, 2.45) is 0 Å². The largest absolute Gasteiger partial charge is 0.330 e. The van der Waals surface area contributed by atoms with Gasteiger partial charge >= 0.3 is 0 Å². The van der Waals surface area contributed by atoms with Crippen LogP contribution in [0.4, 0.5) is 0 Å². The molecule has 2 aromatic rings. The first-order chi connectivity index (χ1) is 15.7. The fraction of sp³-hybridized carbons (Fsp3) is 0.556. The Kier molecular flexibility index (Phi) is 8.01. The average molecular weight is 453 g/mol. The summed E-state index contributed by atoms with van der Waals surface area (Å²) in [5.74, 6) is 0.250. The molecule has 1 aromatic heterocycles. The highest BCUT2D eigenvalue weighted by atomic mass is 32.1. The highest BCUT2D eigenvalue weighted by Gasteiger charge is 2.37. The molecule has 172 valence electrons. The predicted octanol–water partition coefficient (Wildman–Crippen LogP) is 5.96. The SMILES string of the molecule is CCCCCCCCC(=O)N(CC(=O)N1CCc2sccc2C1c1ccccc1)C1CC1. The van der Waals surface area contributed by atoms with E-state index in [2.05, 4.69) is 30.5 Å². The molecule has 1 aromatic carbocycles. The second-order valence-electron chi connectivity index (χ2n) is 9.22. The standard InChI is InChI=1S/C27H36N2O2S/c1-2-3-4-5-6-10-13-25(30)29(22-14-15-22)20-26(31)28-18-16-24-23(17-19-32-24)27(28)21-11-8-7-9-12-21/h7-9,11-12,17,19,22,27H,2-6,10,13-16,18,20H2,1H3. The Hall–Kier alpha value is -2.14. The molecule has 0 radical (unpaired) electrons. The van der Waals surface area contributed by atoms with Gasteiger partial charge in [-0.05, 0) is 48.3 Å². The Labute approximate surface area is 196 Å². The number of benzene rings is 1. The molecule has 1 atom stereocenters. The van der Waals surface area contributed by atoms with Crippen molar-refractivity contribution in [3.8, 4) is 0 Å². The lowest BCUT2D eigenvalue weighted by Crippen LogP contribution is -2.47. The predicted molar refractivity (Wildman–Crippen MR) is 131 cm³/mol. The molecule has 1 unspecified atom stereocenters. The lowest BCUT2D eigenvalue weighted by atomic mass is 9.93. The lowest BCUT2D eigenvalue weighted by molar-refractivity contribution is -0.142. The molecule has 1 fully saturated rings. The van der Waals surface area contributed by atoms with Crippen molar-refractivity contribution in [1.29, 1.82) is 0 Å². The molecule has 0 saturated heterocycles. The number of fused-ring (bicyclic) bond motifs is 1. The van der Waals surface area contributed by atoms with Gasteiger partial charge in [0.2, 0.25) is 11.8 Å². The summed E-state index contributed by atoms with van der Waals surface area (Å²) in [7, 11) is 0. The van der Waals surface area contributed by atoms with Gasteiger partial charge in [0, 0.05) is 23.9 Å². The highest BCUT2D eigenvalue weighted by molar-refractivity contribution is 7.10. The van der Waals surface area contributed by atoms with Gasteiger partial charge in [0.05, 0.1) is 6.04 Å². The first kappa shape index (κ1) is 23.0. The van der Waals surface area contributed by atoms with E-state index >= 15 is 0 Å². The summed E-state index contributed by atoms with van der Waals surface area (Å²) in [6.45, 7) is 3.16. The van der Waals surface area contributed by atoms with Crippen molar-refractivity contribution >= 4 is 23.2 Å². The molecule has 5 heteroatoms. The van der Waals surface area contributed by atoms with Crippen molar-refractivity contribution in [1.82, 2.24) is 9.80 Å². The second kappa shape index (κ2) is 11.1. The Morgan fingerprint density at radius 3 is 2.53 bits per heavy atom. The minimum absolute atomic E-state index is 0.0478. The molecule has 4 nitrogen and oxygen atoms in total. The smallest absolute Gasteiger partial charge is 0.243 e. The molecule has 0 N–H and O–H groups in total. The molecule has 32 heavy (non-hydrogen) atoms. The third-order valence-corrected chi connectivity index (χ3v) is 7.76. The molecular formula is C27H36N2O2S. The lowest BCUT2D eigenvalue weighted by Gasteiger charge is -2.37. The van der Waals surface area contributed by atoms with E-state index < -0.39 is 0 Å². The molecule has 2 amide bonds. The quantitative estimate of drug-likeness (QED) is 0.395. The van der Waals surface area contributed by atoms with E-state index in [0.717, 1.165) is 44.2 Å². The van der Waals surface area contributed by atoms with Gasteiger partial charge < -0.3 is 9.80 Å². The Morgan fingerprint density at radius 2 is 1.78 bits per heavy atom. The number of amides is 2. The van der Waals surface area contributed by atoms with Gasteiger partial charge in [0.15, 0.2) is 0 Å². The summed E-state index contributed by atoms with van der Waals surface area (Å²) < 4.78 is 0. The van der Waals surface area contributed by atoms with Crippen LogP contribution in [-0.4, -0.2) is 40.7 Å². The van der Waals surface area contributed by atoms with E-state index in [4.69, 9.17) is 0 Å². The number of unbranched alkanes of at least 4 members (excludes halogenated alkanes) is 5. The summed E-state index contributed by atoms with van der Waals surface area (Å²) in [4.78, 5) is 31.8. The maximum atomic E-state index is 13.5. The summed E-state index contributed by atoms with van der Waals surface area (Å²) >= 11 is 1.78. The van der Waals surface area contributed by atoms with Crippen LogP contribution in [0.5, 0.6) is 0 Å². The van der Waals surface area contributed by atoms with Crippen LogP contribution in [0.25, 0.3) is 0 Å². The van der Waals surface area contributed by atoms with Crippen LogP contribution in [0, 0.1) is 0 Å². The van der Waals surface area contributed by atoms with E-state index in [9.17, 15) is 9.59 Å². The molecular weight excluding hydrogens is 416 g/mol. The highest BCUT2D eigenvalue weighted by Crippen LogP contribution is 2.38. The van der Waals surface area contributed by atoms with E-state index in [1.54, 1.807) is 11.3 Å². The van der Waals surface area contributed by atoms with Gasteiger partial charge in [0.25, 0.3) is 0 Å². The fourth-order valence-corrected chi connectivity index (χ4v) is 5.73. The Morgan fingerprint density at radius 1 is 1.03 bits per heavy atom.